The van der Waals surface area contributed by atoms with Crippen molar-refractivity contribution >= 4 is 22.7 Å². The Morgan fingerprint density at radius 1 is 0.585 bits per heavy atom. The van der Waals surface area contributed by atoms with E-state index in [1.54, 1.807) is 0 Å². The maximum Gasteiger partial charge on any atom is 0.160 e. The first-order valence-electron chi connectivity index (χ1n) is 14.5. The van der Waals surface area contributed by atoms with Gasteiger partial charge in [0.15, 0.2) is 5.82 Å². The van der Waals surface area contributed by atoms with Gasteiger partial charge in [-0.3, -0.25) is 4.98 Å². The molecule has 1 fully saturated rings. The first-order chi connectivity index (χ1) is 20.3. The van der Waals surface area contributed by atoms with E-state index in [9.17, 15) is 0 Å². The molecular formula is C37H29N3S. The normalized spacial score (nSPS) is 15.4. The molecule has 0 radical (unpaired) electrons. The van der Waals surface area contributed by atoms with Crippen molar-refractivity contribution < 1.29 is 0 Å². The Bertz CT molecular complexity index is 1910. The predicted molar refractivity (Wildman–Crippen MR) is 168 cm³/mol. The highest BCUT2D eigenvalue weighted by Gasteiger charge is 2.41. The molecule has 2 aromatic heterocycles. The van der Waals surface area contributed by atoms with Gasteiger partial charge in [-0.1, -0.05) is 97.8 Å². The summed E-state index contributed by atoms with van der Waals surface area (Å²) in [6.45, 7) is 0. The number of aromatic nitrogens is 3. The summed E-state index contributed by atoms with van der Waals surface area (Å²) in [7, 11) is 0. The number of nitrogens with zero attached hydrogens (tertiary/aromatic N) is 3. The Labute approximate surface area is 244 Å². The van der Waals surface area contributed by atoms with Crippen LogP contribution in [0.15, 0.2) is 125 Å². The lowest BCUT2D eigenvalue weighted by atomic mass is 9.65. The zero-order valence-corrected chi connectivity index (χ0v) is 23.6. The van der Waals surface area contributed by atoms with Crippen LogP contribution in [0.2, 0.25) is 0 Å². The van der Waals surface area contributed by atoms with E-state index >= 15 is 0 Å². The van der Waals surface area contributed by atoms with Gasteiger partial charge in [0.1, 0.15) is 0 Å². The van der Waals surface area contributed by atoms with E-state index in [4.69, 9.17) is 9.97 Å². The Morgan fingerprint density at radius 2 is 1.39 bits per heavy atom. The minimum absolute atomic E-state index is 0.0775. The van der Waals surface area contributed by atoms with Gasteiger partial charge in [-0.25, -0.2) is 9.97 Å². The summed E-state index contributed by atoms with van der Waals surface area (Å²) in [5.41, 5.74) is 9.17. The van der Waals surface area contributed by atoms with Crippen molar-refractivity contribution in [2.45, 2.75) is 47.3 Å². The van der Waals surface area contributed by atoms with Crippen LogP contribution in [0.3, 0.4) is 0 Å². The third-order valence-corrected chi connectivity index (χ3v) is 9.93. The Balaban J connectivity index is 1.30. The van der Waals surface area contributed by atoms with Gasteiger partial charge in [0.25, 0.3) is 0 Å². The maximum atomic E-state index is 5.26. The van der Waals surface area contributed by atoms with Crippen molar-refractivity contribution in [1.29, 1.82) is 0 Å². The number of rotatable bonds is 3. The van der Waals surface area contributed by atoms with E-state index in [-0.39, 0.29) is 5.41 Å². The first-order valence-corrected chi connectivity index (χ1v) is 15.3. The predicted octanol–water partition coefficient (Wildman–Crippen LogP) is 9.74. The average Bonchev–Trinajstić information content (AvgIpc) is 3.05. The van der Waals surface area contributed by atoms with E-state index in [1.165, 1.54) is 53.0 Å². The molecule has 1 aliphatic heterocycles. The molecule has 41 heavy (non-hydrogen) atoms. The summed E-state index contributed by atoms with van der Waals surface area (Å²) in [5.74, 6) is 0.737. The van der Waals surface area contributed by atoms with E-state index < -0.39 is 0 Å². The van der Waals surface area contributed by atoms with E-state index in [0.29, 0.717) is 0 Å². The molecule has 1 saturated carbocycles. The van der Waals surface area contributed by atoms with Crippen LogP contribution in [0.4, 0.5) is 0 Å². The number of para-hydroxylation sites is 1. The van der Waals surface area contributed by atoms with Crippen LogP contribution in [-0.4, -0.2) is 15.0 Å². The molecule has 1 spiro atoms. The lowest BCUT2D eigenvalue weighted by Gasteiger charge is -2.43. The first kappa shape index (κ1) is 24.5. The van der Waals surface area contributed by atoms with Gasteiger partial charge < -0.3 is 0 Å². The van der Waals surface area contributed by atoms with Crippen LogP contribution in [0, 0.1) is 0 Å². The highest BCUT2D eigenvalue weighted by molar-refractivity contribution is 7.99. The Morgan fingerprint density at radius 3 is 2.29 bits per heavy atom. The van der Waals surface area contributed by atoms with Gasteiger partial charge in [0.05, 0.1) is 16.9 Å². The molecule has 0 unspecified atom stereocenters. The van der Waals surface area contributed by atoms with Crippen molar-refractivity contribution in [2.24, 2.45) is 0 Å². The molecule has 4 heteroatoms. The fraction of sp³-hybridized carbons (Fsp3) is 0.162. The lowest BCUT2D eigenvalue weighted by Crippen LogP contribution is -2.33. The minimum Gasteiger partial charge on any atom is -0.256 e. The minimum atomic E-state index is 0.0775. The third kappa shape index (κ3) is 4.17. The van der Waals surface area contributed by atoms with Crippen molar-refractivity contribution in [1.82, 2.24) is 15.0 Å². The summed E-state index contributed by atoms with van der Waals surface area (Å²) in [6, 6.07) is 38.9. The molecule has 4 aromatic carbocycles. The summed E-state index contributed by atoms with van der Waals surface area (Å²) >= 11 is 1.92. The number of hydrogen-bond acceptors (Lipinski definition) is 4. The van der Waals surface area contributed by atoms with E-state index in [2.05, 4.69) is 96.0 Å². The average molecular weight is 548 g/mol. The van der Waals surface area contributed by atoms with Crippen molar-refractivity contribution in [3.8, 4) is 33.9 Å². The summed E-state index contributed by atoms with van der Waals surface area (Å²) in [4.78, 5) is 17.6. The van der Waals surface area contributed by atoms with Crippen LogP contribution in [-0.2, 0) is 5.41 Å². The lowest BCUT2D eigenvalue weighted by molar-refractivity contribution is 0.335. The van der Waals surface area contributed by atoms with Crippen molar-refractivity contribution in [3.63, 3.8) is 0 Å². The van der Waals surface area contributed by atoms with Gasteiger partial charge in [-0.2, -0.15) is 0 Å². The molecule has 3 nitrogen and oxygen atoms in total. The molecule has 8 rings (SSSR count). The monoisotopic (exact) mass is 547 g/mol. The molecule has 0 N–H and O–H groups in total. The molecule has 2 aliphatic rings. The smallest absolute Gasteiger partial charge is 0.160 e. The quantitative estimate of drug-likeness (QED) is 0.221. The zero-order valence-electron chi connectivity index (χ0n) is 22.8. The van der Waals surface area contributed by atoms with E-state index in [1.807, 2.05) is 36.2 Å². The molecular weight excluding hydrogens is 518 g/mol. The van der Waals surface area contributed by atoms with Crippen LogP contribution >= 0.6 is 11.8 Å². The van der Waals surface area contributed by atoms with Gasteiger partial charge in [-0.15, -0.1) is 0 Å². The topological polar surface area (TPSA) is 38.7 Å². The van der Waals surface area contributed by atoms with Gasteiger partial charge in [0, 0.05) is 43.5 Å². The second-order valence-corrected chi connectivity index (χ2v) is 12.2. The standard InChI is InChI=1S/C37H29N3S/c1-7-20-37(21-8-1)29-14-3-5-17-33(29)41-34-19-18-26(24-30(34)37)35-28-13-2-4-16-32(28)39-36(40-35)27-12-10-11-25(23-27)31-15-6-9-22-38-31/h2-6,9-19,22-24H,1,7-8,20-21H2. The SMILES string of the molecule is c1ccc(-c2cccc(-c3nc(-c4ccc5c(c4)C4(CCCCC4)c4ccccc4S5)c4ccccc4n3)c2)nc1. The largest absolute Gasteiger partial charge is 0.256 e. The molecule has 0 saturated heterocycles. The van der Waals surface area contributed by atoms with Crippen molar-refractivity contribution in [2.75, 3.05) is 0 Å². The van der Waals surface area contributed by atoms with Gasteiger partial charge >= 0.3 is 0 Å². The summed E-state index contributed by atoms with van der Waals surface area (Å²) in [5, 5.41) is 1.08. The fourth-order valence-corrected chi connectivity index (χ4v) is 8.08. The highest BCUT2D eigenvalue weighted by atomic mass is 32.2. The van der Waals surface area contributed by atoms with Crippen LogP contribution < -0.4 is 0 Å². The second kappa shape index (κ2) is 9.97. The van der Waals surface area contributed by atoms with E-state index in [0.717, 1.165) is 44.8 Å². The third-order valence-electron chi connectivity index (χ3n) is 8.78. The molecule has 198 valence electrons. The zero-order chi connectivity index (χ0) is 27.2. The molecule has 0 amide bonds. The molecule has 1 aliphatic carbocycles. The molecule has 0 bridgehead atoms. The number of benzene rings is 4. The maximum absolute atomic E-state index is 5.26. The Kier molecular flexibility index (Phi) is 5.96. The second-order valence-electron chi connectivity index (χ2n) is 11.2. The number of hydrogen-bond donors (Lipinski definition) is 0. The van der Waals surface area contributed by atoms with Crippen LogP contribution in [0.5, 0.6) is 0 Å². The van der Waals surface area contributed by atoms with Crippen LogP contribution in [0.1, 0.15) is 43.2 Å². The molecule has 3 heterocycles. The van der Waals surface area contributed by atoms with Gasteiger partial charge in [0.2, 0.25) is 0 Å². The fourth-order valence-electron chi connectivity index (χ4n) is 6.83. The number of fused-ring (bicyclic) bond motifs is 5. The van der Waals surface area contributed by atoms with Gasteiger partial charge in [-0.05, 0) is 66.4 Å². The van der Waals surface area contributed by atoms with Crippen molar-refractivity contribution in [3.05, 3.63) is 127 Å². The molecule has 0 atom stereocenters. The number of pyridine rings is 1. The summed E-state index contributed by atoms with van der Waals surface area (Å²) in [6.07, 6.45) is 8.11. The van der Waals surface area contributed by atoms with Crippen LogP contribution in [0.25, 0.3) is 44.8 Å². The summed E-state index contributed by atoms with van der Waals surface area (Å²) < 4.78 is 0. The Hall–Kier alpha value is -4.28. The molecule has 6 aromatic rings. The highest BCUT2D eigenvalue weighted by Crippen LogP contribution is 2.56.